The summed E-state index contributed by atoms with van der Waals surface area (Å²) in [5, 5.41) is 0.711. The van der Waals surface area contributed by atoms with Gasteiger partial charge in [-0.05, 0) is 32.4 Å². The summed E-state index contributed by atoms with van der Waals surface area (Å²) in [5.41, 5.74) is 8.71. The van der Waals surface area contributed by atoms with Crippen LogP contribution in [0.25, 0.3) is 11.3 Å². The topological polar surface area (TPSA) is 54.7 Å². The quantitative estimate of drug-likeness (QED) is 0.889. The fraction of sp³-hybridized carbons (Fsp3) is 0.357. The number of hydrogen-bond donors (Lipinski definition) is 2. The van der Waals surface area contributed by atoms with Crippen LogP contribution in [0.1, 0.15) is 31.8 Å². The molecule has 1 aromatic heterocycles. The number of rotatable bonds is 3. The minimum Gasteiger partial charge on any atom is -0.344 e. The normalized spacial score (nSPS) is 14.5. The largest absolute Gasteiger partial charge is 0.344 e. The molecular weight excluding hydrogens is 246 g/mol. The SMILES string of the molecule is CCC(C)(N)c1nc(-c2cccc(Cl)c2)c(C)[nH]1. The second-order valence-electron chi connectivity index (χ2n) is 4.84. The Morgan fingerprint density at radius 2 is 2.17 bits per heavy atom. The summed E-state index contributed by atoms with van der Waals surface area (Å²) in [6.45, 7) is 6.03. The van der Waals surface area contributed by atoms with E-state index in [1.54, 1.807) is 0 Å². The van der Waals surface area contributed by atoms with Crippen LogP contribution >= 0.6 is 11.6 Å². The molecule has 96 valence electrons. The Morgan fingerprint density at radius 1 is 1.44 bits per heavy atom. The number of aromatic amines is 1. The van der Waals surface area contributed by atoms with Gasteiger partial charge in [0.15, 0.2) is 0 Å². The van der Waals surface area contributed by atoms with E-state index in [1.807, 2.05) is 38.1 Å². The number of aryl methyl sites for hydroxylation is 1. The second kappa shape index (κ2) is 4.75. The van der Waals surface area contributed by atoms with Crippen LogP contribution in [0.4, 0.5) is 0 Å². The average molecular weight is 264 g/mol. The number of halogens is 1. The van der Waals surface area contributed by atoms with E-state index in [0.717, 1.165) is 29.2 Å². The van der Waals surface area contributed by atoms with Crippen LogP contribution in [0, 0.1) is 6.92 Å². The molecule has 0 saturated heterocycles. The van der Waals surface area contributed by atoms with Gasteiger partial charge in [0.1, 0.15) is 5.82 Å². The highest BCUT2D eigenvalue weighted by atomic mass is 35.5. The number of nitrogens with one attached hydrogen (secondary N) is 1. The van der Waals surface area contributed by atoms with Crippen molar-refractivity contribution in [2.24, 2.45) is 5.73 Å². The van der Waals surface area contributed by atoms with Crippen molar-refractivity contribution < 1.29 is 0 Å². The number of H-pyrrole nitrogens is 1. The monoisotopic (exact) mass is 263 g/mol. The Labute approximate surface area is 112 Å². The van der Waals surface area contributed by atoms with Gasteiger partial charge in [0.05, 0.1) is 11.2 Å². The van der Waals surface area contributed by atoms with Crippen LogP contribution in [-0.4, -0.2) is 9.97 Å². The maximum Gasteiger partial charge on any atom is 0.126 e. The van der Waals surface area contributed by atoms with Gasteiger partial charge in [-0.3, -0.25) is 0 Å². The molecular formula is C14H18ClN3. The fourth-order valence-corrected chi connectivity index (χ4v) is 2.01. The van der Waals surface area contributed by atoms with Crippen molar-refractivity contribution in [2.45, 2.75) is 32.7 Å². The average Bonchev–Trinajstić information content (AvgIpc) is 2.72. The number of nitrogens with zero attached hydrogens (tertiary/aromatic N) is 1. The molecule has 2 aromatic rings. The molecule has 2 rings (SSSR count). The lowest BCUT2D eigenvalue weighted by atomic mass is 10.00. The molecule has 1 unspecified atom stereocenters. The minimum atomic E-state index is -0.429. The van der Waals surface area contributed by atoms with Crippen molar-refractivity contribution in [2.75, 3.05) is 0 Å². The third kappa shape index (κ3) is 2.42. The van der Waals surface area contributed by atoms with Gasteiger partial charge in [0, 0.05) is 16.3 Å². The van der Waals surface area contributed by atoms with E-state index in [9.17, 15) is 0 Å². The van der Waals surface area contributed by atoms with Crippen LogP contribution < -0.4 is 5.73 Å². The standard InChI is InChI=1S/C14H18ClN3/c1-4-14(3,16)13-17-9(2)12(18-13)10-6-5-7-11(15)8-10/h5-8H,4,16H2,1-3H3,(H,17,18). The molecule has 3 nitrogen and oxygen atoms in total. The van der Waals surface area contributed by atoms with E-state index < -0.39 is 5.54 Å². The van der Waals surface area contributed by atoms with Crippen molar-refractivity contribution in [3.8, 4) is 11.3 Å². The van der Waals surface area contributed by atoms with Gasteiger partial charge in [-0.1, -0.05) is 30.7 Å². The van der Waals surface area contributed by atoms with Gasteiger partial charge >= 0.3 is 0 Å². The number of aromatic nitrogens is 2. The molecule has 4 heteroatoms. The van der Waals surface area contributed by atoms with Crippen molar-refractivity contribution in [3.63, 3.8) is 0 Å². The first-order chi connectivity index (χ1) is 8.44. The first-order valence-electron chi connectivity index (χ1n) is 6.06. The lowest BCUT2D eigenvalue weighted by Gasteiger charge is -2.19. The summed E-state index contributed by atoms with van der Waals surface area (Å²) in [7, 11) is 0. The van der Waals surface area contributed by atoms with Crippen LogP contribution in [0.2, 0.25) is 5.02 Å². The van der Waals surface area contributed by atoms with Crippen molar-refractivity contribution >= 4 is 11.6 Å². The van der Waals surface area contributed by atoms with Gasteiger partial charge in [-0.25, -0.2) is 4.98 Å². The molecule has 1 aromatic carbocycles. The van der Waals surface area contributed by atoms with Crippen LogP contribution in [0.3, 0.4) is 0 Å². The zero-order valence-electron chi connectivity index (χ0n) is 10.9. The number of benzene rings is 1. The van der Waals surface area contributed by atoms with E-state index in [2.05, 4.69) is 16.9 Å². The van der Waals surface area contributed by atoms with Gasteiger partial charge in [-0.2, -0.15) is 0 Å². The molecule has 0 fully saturated rings. The molecule has 0 spiro atoms. The summed E-state index contributed by atoms with van der Waals surface area (Å²) in [6.07, 6.45) is 0.828. The van der Waals surface area contributed by atoms with E-state index in [-0.39, 0.29) is 0 Å². The number of hydrogen-bond acceptors (Lipinski definition) is 2. The lowest BCUT2D eigenvalue weighted by Crippen LogP contribution is -2.33. The minimum absolute atomic E-state index is 0.429. The molecule has 1 atom stereocenters. The van der Waals surface area contributed by atoms with Crippen molar-refractivity contribution in [3.05, 3.63) is 40.8 Å². The van der Waals surface area contributed by atoms with Crippen molar-refractivity contribution in [1.29, 1.82) is 0 Å². The Hall–Kier alpha value is -1.32. The predicted molar refractivity (Wildman–Crippen MR) is 75.6 cm³/mol. The molecule has 0 radical (unpaired) electrons. The molecule has 0 aliphatic heterocycles. The number of imidazole rings is 1. The molecule has 0 aliphatic carbocycles. The van der Waals surface area contributed by atoms with Gasteiger partial charge in [-0.15, -0.1) is 0 Å². The van der Waals surface area contributed by atoms with Crippen LogP contribution in [0.5, 0.6) is 0 Å². The third-order valence-corrected chi connectivity index (χ3v) is 3.49. The van der Waals surface area contributed by atoms with E-state index in [1.165, 1.54) is 0 Å². The molecule has 0 bridgehead atoms. The van der Waals surface area contributed by atoms with Gasteiger partial charge in [0.2, 0.25) is 0 Å². The summed E-state index contributed by atoms with van der Waals surface area (Å²) < 4.78 is 0. The maximum absolute atomic E-state index is 6.21. The first-order valence-corrected chi connectivity index (χ1v) is 6.43. The van der Waals surface area contributed by atoms with Crippen molar-refractivity contribution in [1.82, 2.24) is 9.97 Å². The van der Waals surface area contributed by atoms with Crippen LogP contribution in [-0.2, 0) is 5.54 Å². The summed E-state index contributed by atoms with van der Waals surface area (Å²) in [4.78, 5) is 7.90. The van der Waals surface area contributed by atoms with Crippen LogP contribution in [0.15, 0.2) is 24.3 Å². The molecule has 3 N–H and O–H groups in total. The molecule has 18 heavy (non-hydrogen) atoms. The predicted octanol–water partition coefficient (Wildman–Crippen LogP) is 3.62. The molecule has 0 saturated carbocycles. The summed E-state index contributed by atoms with van der Waals surface area (Å²) in [5.74, 6) is 0.817. The zero-order valence-corrected chi connectivity index (χ0v) is 11.7. The molecule has 0 aliphatic rings. The zero-order chi connectivity index (χ0) is 13.3. The Kier molecular flexibility index (Phi) is 3.46. The second-order valence-corrected chi connectivity index (χ2v) is 5.28. The highest BCUT2D eigenvalue weighted by molar-refractivity contribution is 6.30. The smallest absolute Gasteiger partial charge is 0.126 e. The number of nitrogens with two attached hydrogens (primary N) is 1. The Bertz CT molecular complexity index is 558. The molecule has 1 heterocycles. The van der Waals surface area contributed by atoms with E-state index in [0.29, 0.717) is 5.02 Å². The molecule has 0 amide bonds. The van der Waals surface area contributed by atoms with Gasteiger partial charge in [0.25, 0.3) is 0 Å². The highest BCUT2D eigenvalue weighted by Crippen LogP contribution is 2.27. The Balaban J connectivity index is 2.48. The Morgan fingerprint density at radius 3 is 2.78 bits per heavy atom. The highest BCUT2D eigenvalue weighted by Gasteiger charge is 2.24. The van der Waals surface area contributed by atoms with E-state index in [4.69, 9.17) is 17.3 Å². The maximum atomic E-state index is 6.21. The summed E-state index contributed by atoms with van der Waals surface area (Å²) in [6, 6.07) is 7.69. The van der Waals surface area contributed by atoms with Gasteiger partial charge < -0.3 is 10.7 Å². The first kappa shape index (κ1) is 13.1. The summed E-state index contributed by atoms with van der Waals surface area (Å²) >= 11 is 6.01. The third-order valence-electron chi connectivity index (χ3n) is 3.26. The lowest BCUT2D eigenvalue weighted by molar-refractivity contribution is 0.449. The fourth-order valence-electron chi connectivity index (χ4n) is 1.82. The van der Waals surface area contributed by atoms with E-state index >= 15 is 0 Å².